The number of rotatable bonds is 8. The fraction of sp³-hybridized carbons (Fsp3) is 0.238. The minimum Gasteiger partial charge on any atom is -0.493 e. The number of hydrogen-bond acceptors (Lipinski definition) is 5. The number of esters is 1. The monoisotopic (exact) mass is 403 g/mol. The highest BCUT2D eigenvalue weighted by molar-refractivity contribution is 6.32. The average molecular weight is 404 g/mol. The summed E-state index contributed by atoms with van der Waals surface area (Å²) in [6.45, 7) is 3.82. The second-order valence-electron chi connectivity index (χ2n) is 5.83. The van der Waals surface area contributed by atoms with Gasteiger partial charge in [0.2, 0.25) is 0 Å². The van der Waals surface area contributed by atoms with Gasteiger partial charge in [-0.25, -0.2) is 4.79 Å². The second kappa shape index (κ2) is 10.4. The van der Waals surface area contributed by atoms with Crippen LogP contribution in [0.1, 0.15) is 18.1 Å². The van der Waals surface area contributed by atoms with E-state index < -0.39 is 11.9 Å². The highest BCUT2D eigenvalue weighted by Gasteiger charge is 2.11. The van der Waals surface area contributed by atoms with Gasteiger partial charge in [0.1, 0.15) is 0 Å². The molecule has 7 heteroatoms. The fourth-order valence-corrected chi connectivity index (χ4v) is 2.66. The van der Waals surface area contributed by atoms with Crippen molar-refractivity contribution in [2.24, 2.45) is 0 Å². The zero-order valence-electron chi connectivity index (χ0n) is 16.0. The van der Waals surface area contributed by atoms with Crippen LogP contribution in [0.25, 0.3) is 6.08 Å². The van der Waals surface area contributed by atoms with Crippen LogP contribution in [0.5, 0.6) is 11.5 Å². The van der Waals surface area contributed by atoms with Crippen LogP contribution >= 0.6 is 11.6 Å². The van der Waals surface area contributed by atoms with Crippen LogP contribution < -0.4 is 14.8 Å². The third-order valence-electron chi connectivity index (χ3n) is 3.60. The molecule has 0 aliphatic carbocycles. The first-order valence-corrected chi connectivity index (χ1v) is 9.02. The van der Waals surface area contributed by atoms with Gasteiger partial charge in [-0.1, -0.05) is 23.7 Å². The van der Waals surface area contributed by atoms with Crippen molar-refractivity contribution in [3.63, 3.8) is 0 Å². The van der Waals surface area contributed by atoms with Gasteiger partial charge in [0.05, 0.1) is 18.7 Å². The zero-order chi connectivity index (χ0) is 20.5. The van der Waals surface area contributed by atoms with Crippen LogP contribution in [0, 0.1) is 6.92 Å². The van der Waals surface area contributed by atoms with Crippen molar-refractivity contribution in [3.05, 3.63) is 58.6 Å². The Labute approximate surface area is 169 Å². The number of amides is 1. The number of benzene rings is 2. The number of aryl methyl sites for hydroxylation is 1. The molecule has 2 aromatic rings. The summed E-state index contributed by atoms with van der Waals surface area (Å²) in [5, 5.41) is 3.03. The maximum absolute atomic E-state index is 11.9. The summed E-state index contributed by atoms with van der Waals surface area (Å²) in [6, 6.07) is 10.7. The van der Waals surface area contributed by atoms with Crippen LogP contribution in [0.15, 0.2) is 42.5 Å². The topological polar surface area (TPSA) is 73.9 Å². The molecule has 0 fully saturated rings. The molecule has 0 aliphatic rings. The molecule has 2 rings (SSSR count). The normalized spacial score (nSPS) is 10.6. The fourth-order valence-electron chi connectivity index (χ4n) is 2.39. The zero-order valence-corrected chi connectivity index (χ0v) is 16.7. The minimum atomic E-state index is -0.650. The number of carbonyl (C=O) groups is 2. The van der Waals surface area contributed by atoms with Crippen molar-refractivity contribution in [2.75, 3.05) is 25.6 Å². The molecule has 0 saturated carbocycles. The molecule has 0 bridgehead atoms. The minimum absolute atomic E-state index is 0.367. The predicted octanol–water partition coefficient (Wildman–Crippen LogP) is 4.25. The number of hydrogen-bond donors (Lipinski definition) is 1. The second-order valence-corrected chi connectivity index (χ2v) is 6.23. The number of anilines is 1. The molecule has 0 saturated heterocycles. The summed E-state index contributed by atoms with van der Waals surface area (Å²) in [5.74, 6) is -0.166. The molecule has 1 N–H and O–H groups in total. The number of nitrogens with one attached hydrogen (secondary N) is 1. The Morgan fingerprint density at radius 2 is 2.00 bits per heavy atom. The summed E-state index contributed by atoms with van der Waals surface area (Å²) < 4.78 is 15.7. The highest BCUT2D eigenvalue weighted by atomic mass is 35.5. The van der Waals surface area contributed by atoms with E-state index in [0.717, 1.165) is 5.56 Å². The molecule has 0 atom stereocenters. The third kappa shape index (κ3) is 6.32. The van der Waals surface area contributed by atoms with Crippen molar-refractivity contribution >= 4 is 35.2 Å². The molecular formula is C21H22ClNO5. The molecule has 1 amide bonds. The summed E-state index contributed by atoms with van der Waals surface area (Å²) in [5.41, 5.74) is 2.29. The van der Waals surface area contributed by atoms with Crippen molar-refractivity contribution in [2.45, 2.75) is 13.8 Å². The van der Waals surface area contributed by atoms with Gasteiger partial charge < -0.3 is 19.5 Å². The quantitative estimate of drug-likeness (QED) is 0.526. The van der Waals surface area contributed by atoms with E-state index in [2.05, 4.69) is 5.32 Å². The molecule has 148 valence electrons. The Kier molecular flexibility index (Phi) is 7.89. The summed E-state index contributed by atoms with van der Waals surface area (Å²) in [4.78, 5) is 23.7. The van der Waals surface area contributed by atoms with Gasteiger partial charge in [0.25, 0.3) is 5.91 Å². The molecule has 0 unspecified atom stereocenters. The largest absolute Gasteiger partial charge is 0.493 e. The lowest BCUT2D eigenvalue weighted by Gasteiger charge is -2.11. The van der Waals surface area contributed by atoms with Crippen molar-refractivity contribution in [3.8, 4) is 11.5 Å². The molecule has 0 spiro atoms. The van der Waals surface area contributed by atoms with Gasteiger partial charge in [0, 0.05) is 11.8 Å². The lowest BCUT2D eigenvalue weighted by atomic mass is 10.2. The van der Waals surface area contributed by atoms with E-state index in [-0.39, 0.29) is 6.61 Å². The maximum atomic E-state index is 11.9. The van der Waals surface area contributed by atoms with E-state index in [1.54, 1.807) is 18.2 Å². The smallest absolute Gasteiger partial charge is 0.331 e. The summed E-state index contributed by atoms with van der Waals surface area (Å²) in [7, 11) is 1.50. The van der Waals surface area contributed by atoms with Gasteiger partial charge in [-0.15, -0.1) is 0 Å². The first-order valence-electron chi connectivity index (χ1n) is 8.64. The first-order chi connectivity index (χ1) is 13.4. The van der Waals surface area contributed by atoms with Crippen LogP contribution in [0.2, 0.25) is 5.02 Å². The standard InChI is InChI=1S/C21H22ClNO5/c1-4-27-21-17(22)11-15(12-18(21)26-3)8-9-20(25)28-13-19(24)23-16-7-5-6-14(2)10-16/h5-12H,4,13H2,1-3H3,(H,23,24)/b9-8+. The van der Waals surface area contributed by atoms with E-state index in [4.69, 9.17) is 25.8 Å². The molecular weight excluding hydrogens is 382 g/mol. The number of halogens is 1. The molecule has 2 aromatic carbocycles. The van der Waals surface area contributed by atoms with Crippen LogP contribution in [-0.4, -0.2) is 32.2 Å². The lowest BCUT2D eigenvalue weighted by molar-refractivity contribution is -0.142. The Bertz CT molecular complexity index is 879. The van der Waals surface area contributed by atoms with Gasteiger partial charge in [-0.3, -0.25) is 4.79 Å². The Morgan fingerprint density at radius 3 is 2.68 bits per heavy atom. The van der Waals surface area contributed by atoms with E-state index in [9.17, 15) is 9.59 Å². The highest BCUT2D eigenvalue weighted by Crippen LogP contribution is 2.36. The maximum Gasteiger partial charge on any atom is 0.331 e. The van der Waals surface area contributed by atoms with Crippen molar-refractivity contribution in [1.82, 2.24) is 0 Å². The summed E-state index contributed by atoms with van der Waals surface area (Å²) >= 11 is 6.19. The molecule has 6 nitrogen and oxygen atoms in total. The van der Waals surface area contributed by atoms with Gasteiger partial charge in [0.15, 0.2) is 18.1 Å². The van der Waals surface area contributed by atoms with E-state index in [1.807, 2.05) is 32.0 Å². The number of carbonyl (C=O) groups excluding carboxylic acids is 2. The van der Waals surface area contributed by atoms with Gasteiger partial charge in [-0.2, -0.15) is 0 Å². The number of methoxy groups -OCH3 is 1. The van der Waals surface area contributed by atoms with E-state index >= 15 is 0 Å². The molecule has 0 heterocycles. The average Bonchev–Trinajstić information content (AvgIpc) is 2.66. The predicted molar refractivity (Wildman–Crippen MR) is 109 cm³/mol. The molecule has 0 aliphatic heterocycles. The first kappa shape index (κ1) is 21.3. The van der Waals surface area contributed by atoms with Crippen LogP contribution in [-0.2, 0) is 14.3 Å². The Balaban J connectivity index is 1.92. The number of ether oxygens (including phenoxy) is 3. The molecule has 0 radical (unpaired) electrons. The van der Waals surface area contributed by atoms with Crippen molar-refractivity contribution < 1.29 is 23.8 Å². The summed E-state index contributed by atoms with van der Waals surface area (Å²) in [6.07, 6.45) is 2.73. The van der Waals surface area contributed by atoms with E-state index in [0.29, 0.717) is 34.4 Å². The Morgan fingerprint density at radius 1 is 1.21 bits per heavy atom. The third-order valence-corrected chi connectivity index (χ3v) is 3.88. The van der Waals surface area contributed by atoms with Gasteiger partial charge >= 0.3 is 5.97 Å². The molecule has 0 aromatic heterocycles. The van der Waals surface area contributed by atoms with Crippen LogP contribution in [0.3, 0.4) is 0 Å². The van der Waals surface area contributed by atoms with Crippen LogP contribution in [0.4, 0.5) is 5.69 Å². The SMILES string of the molecule is CCOc1c(Cl)cc(/C=C/C(=O)OCC(=O)Nc2cccc(C)c2)cc1OC. The molecule has 28 heavy (non-hydrogen) atoms. The van der Waals surface area contributed by atoms with Gasteiger partial charge in [-0.05, 0) is 55.3 Å². The lowest BCUT2D eigenvalue weighted by Crippen LogP contribution is -2.20. The van der Waals surface area contributed by atoms with E-state index in [1.165, 1.54) is 19.3 Å². The van der Waals surface area contributed by atoms with Crippen molar-refractivity contribution in [1.29, 1.82) is 0 Å². The Hall–Kier alpha value is -2.99.